The molecule has 2 fully saturated rings. The molecule has 1 N–H and O–H groups in total. The largest absolute Gasteiger partial charge is 0.342 e. The van der Waals surface area contributed by atoms with Crippen LogP contribution in [0.2, 0.25) is 0 Å². The van der Waals surface area contributed by atoms with Crippen molar-refractivity contribution in [3.8, 4) is 0 Å². The highest BCUT2D eigenvalue weighted by atomic mass is 16.1. The summed E-state index contributed by atoms with van der Waals surface area (Å²) in [4.78, 5) is 12.5. The summed E-state index contributed by atoms with van der Waals surface area (Å²) in [5.41, 5.74) is 0.943. The number of ketones is 1. The molecule has 1 aromatic rings. The molecular formula is C16H24N2O. The number of carbonyl (C=O) groups excluding carboxylic acids is 1. The van der Waals surface area contributed by atoms with Gasteiger partial charge in [0.25, 0.3) is 0 Å². The van der Waals surface area contributed by atoms with Gasteiger partial charge in [0.1, 0.15) is 0 Å². The molecule has 0 atom stereocenters. The minimum Gasteiger partial charge on any atom is -0.342 e. The van der Waals surface area contributed by atoms with Gasteiger partial charge in [-0.15, -0.1) is 0 Å². The van der Waals surface area contributed by atoms with Gasteiger partial charge in [-0.1, -0.05) is 25.7 Å². The highest BCUT2D eigenvalue weighted by molar-refractivity contribution is 5.94. The molecule has 0 bridgehead atoms. The summed E-state index contributed by atoms with van der Waals surface area (Å²) < 4.78 is 2.23. The van der Waals surface area contributed by atoms with Crippen molar-refractivity contribution in [1.29, 1.82) is 0 Å². The third kappa shape index (κ3) is 2.92. The van der Waals surface area contributed by atoms with Crippen molar-refractivity contribution in [3.63, 3.8) is 0 Å². The molecule has 2 aliphatic rings. The highest BCUT2D eigenvalue weighted by Gasteiger charge is 2.23. The van der Waals surface area contributed by atoms with E-state index in [1.165, 1.54) is 25.7 Å². The Kier molecular flexibility index (Phi) is 4.02. The van der Waals surface area contributed by atoms with Crippen LogP contribution in [-0.2, 0) is 0 Å². The van der Waals surface area contributed by atoms with Crippen molar-refractivity contribution in [3.05, 3.63) is 24.0 Å². The maximum atomic E-state index is 12.5. The van der Waals surface area contributed by atoms with Crippen molar-refractivity contribution in [2.75, 3.05) is 13.1 Å². The molecule has 3 heteroatoms. The fourth-order valence-corrected chi connectivity index (χ4v) is 3.61. The second-order valence-corrected chi connectivity index (χ2v) is 6.06. The summed E-state index contributed by atoms with van der Waals surface area (Å²) in [7, 11) is 0. The molecule has 0 radical (unpaired) electrons. The molecule has 3 nitrogen and oxygen atoms in total. The van der Waals surface area contributed by atoms with E-state index in [2.05, 4.69) is 16.1 Å². The highest BCUT2D eigenvalue weighted by Crippen LogP contribution is 2.29. The van der Waals surface area contributed by atoms with Crippen molar-refractivity contribution >= 4 is 5.78 Å². The molecule has 1 saturated carbocycles. The third-order valence-corrected chi connectivity index (χ3v) is 4.72. The van der Waals surface area contributed by atoms with E-state index in [9.17, 15) is 4.79 Å². The van der Waals surface area contributed by atoms with Gasteiger partial charge in [-0.2, -0.15) is 0 Å². The normalized spacial score (nSPS) is 21.9. The van der Waals surface area contributed by atoms with Gasteiger partial charge in [0.05, 0.1) is 5.69 Å². The van der Waals surface area contributed by atoms with Gasteiger partial charge in [0.2, 0.25) is 0 Å². The van der Waals surface area contributed by atoms with Crippen molar-refractivity contribution < 1.29 is 4.79 Å². The number of Topliss-reactive ketones (excluding diaryl/α,β-unsaturated/α-hetero) is 1. The van der Waals surface area contributed by atoms with Crippen LogP contribution in [0.5, 0.6) is 0 Å². The fraction of sp³-hybridized carbons (Fsp3) is 0.688. The molecule has 2 heterocycles. The predicted molar refractivity (Wildman–Crippen MR) is 76.5 cm³/mol. The van der Waals surface area contributed by atoms with Crippen LogP contribution in [0.15, 0.2) is 18.3 Å². The Hall–Kier alpha value is -1.09. The molecule has 1 saturated heterocycles. The van der Waals surface area contributed by atoms with Crippen LogP contribution in [0.1, 0.15) is 61.5 Å². The van der Waals surface area contributed by atoms with Crippen molar-refractivity contribution in [1.82, 2.24) is 9.88 Å². The smallest absolute Gasteiger partial charge is 0.179 e. The summed E-state index contributed by atoms with van der Waals surface area (Å²) in [6, 6.07) is 4.56. The third-order valence-electron chi connectivity index (χ3n) is 4.72. The zero-order valence-corrected chi connectivity index (χ0v) is 11.6. The van der Waals surface area contributed by atoms with Crippen molar-refractivity contribution in [2.45, 2.75) is 51.0 Å². The Morgan fingerprint density at radius 2 is 1.95 bits per heavy atom. The number of aromatic nitrogens is 1. The van der Waals surface area contributed by atoms with Gasteiger partial charge in [-0.25, -0.2) is 0 Å². The fourth-order valence-electron chi connectivity index (χ4n) is 3.61. The van der Waals surface area contributed by atoms with Crippen LogP contribution in [0.3, 0.4) is 0 Å². The minimum absolute atomic E-state index is 0.357. The molecule has 104 valence electrons. The van der Waals surface area contributed by atoms with Gasteiger partial charge in [-0.3, -0.25) is 4.79 Å². The predicted octanol–water partition coefficient (Wildman–Crippen LogP) is 3.18. The number of piperidine rings is 1. The quantitative estimate of drug-likeness (QED) is 0.844. The lowest BCUT2D eigenvalue weighted by atomic mass is 9.99. The Balaban J connectivity index is 1.69. The number of rotatable bonds is 4. The Morgan fingerprint density at radius 1 is 1.21 bits per heavy atom. The Morgan fingerprint density at radius 3 is 2.68 bits per heavy atom. The first-order chi connectivity index (χ1) is 9.34. The molecule has 19 heavy (non-hydrogen) atoms. The Bertz CT molecular complexity index is 426. The molecule has 1 aromatic heterocycles. The lowest BCUT2D eigenvalue weighted by molar-refractivity contribution is 0.0949. The van der Waals surface area contributed by atoms with Gasteiger partial charge >= 0.3 is 0 Å². The van der Waals surface area contributed by atoms with E-state index >= 15 is 0 Å². The Labute approximate surface area is 115 Å². The van der Waals surface area contributed by atoms with Gasteiger partial charge in [0.15, 0.2) is 5.78 Å². The average Bonchev–Trinajstić information content (AvgIpc) is 3.10. The lowest BCUT2D eigenvalue weighted by Gasteiger charge is -2.26. The first kappa shape index (κ1) is 12.9. The van der Waals surface area contributed by atoms with E-state index in [1.807, 2.05) is 12.1 Å². The van der Waals surface area contributed by atoms with E-state index in [-0.39, 0.29) is 0 Å². The summed E-state index contributed by atoms with van der Waals surface area (Å²) in [6.45, 7) is 2.14. The van der Waals surface area contributed by atoms with Crippen molar-refractivity contribution in [2.24, 2.45) is 5.92 Å². The number of hydrogen-bond acceptors (Lipinski definition) is 2. The van der Waals surface area contributed by atoms with E-state index < -0.39 is 0 Å². The number of carbonyl (C=O) groups is 1. The maximum absolute atomic E-state index is 12.5. The molecule has 1 aliphatic carbocycles. The van der Waals surface area contributed by atoms with Crippen LogP contribution in [-0.4, -0.2) is 23.4 Å². The first-order valence-electron chi connectivity index (χ1n) is 7.75. The molecule has 0 amide bonds. The monoisotopic (exact) mass is 260 g/mol. The first-order valence-corrected chi connectivity index (χ1v) is 7.75. The minimum atomic E-state index is 0.357. The SMILES string of the molecule is O=C(CC1CCCC1)c1cccn1C1CCNCC1. The van der Waals surface area contributed by atoms with Crippen LogP contribution < -0.4 is 5.32 Å². The topological polar surface area (TPSA) is 34.0 Å². The zero-order valence-electron chi connectivity index (χ0n) is 11.6. The van der Waals surface area contributed by atoms with Crippen LogP contribution >= 0.6 is 0 Å². The molecule has 1 aliphatic heterocycles. The number of nitrogens with zero attached hydrogens (tertiary/aromatic N) is 1. The zero-order chi connectivity index (χ0) is 13.1. The van der Waals surface area contributed by atoms with E-state index in [1.54, 1.807) is 0 Å². The van der Waals surface area contributed by atoms with Crippen LogP contribution in [0.4, 0.5) is 0 Å². The summed E-state index contributed by atoms with van der Waals surface area (Å²) in [5.74, 6) is 0.999. The molecule has 3 rings (SSSR count). The summed E-state index contributed by atoms with van der Waals surface area (Å²) >= 11 is 0. The van der Waals surface area contributed by atoms with Gasteiger partial charge in [-0.05, 0) is 44.0 Å². The van der Waals surface area contributed by atoms with E-state index in [4.69, 9.17) is 0 Å². The molecule has 0 spiro atoms. The molecule has 0 unspecified atom stereocenters. The molecular weight excluding hydrogens is 236 g/mol. The van der Waals surface area contributed by atoms with E-state index in [0.29, 0.717) is 17.7 Å². The number of hydrogen-bond donors (Lipinski definition) is 1. The summed E-state index contributed by atoms with van der Waals surface area (Å²) in [6.07, 6.45) is 10.3. The van der Waals surface area contributed by atoms with E-state index in [0.717, 1.165) is 38.0 Å². The van der Waals surface area contributed by atoms with Crippen LogP contribution in [0, 0.1) is 5.92 Å². The van der Waals surface area contributed by atoms with Crippen LogP contribution in [0.25, 0.3) is 0 Å². The maximum Gasteiger partial charge on any atom is 0.179 e. The van der Waals surface area contributed by atoms with Gasteiger partial charge in [0, 0.05) is 18.7 Å². The standard InChI is InChI=1S/C16H24N2O/c19-16(12-13-4-1-2-5-13)15-6-3-11-18(15)14-7-9-17-10-8-14/h3,6,11,13-14,17H,1-2,4-5,7-10,12H2. The average molecular weight is 260 g/mol. The second-order valence-electron chi connectivity index (χ2n) is 6.06. The lowest BCUT2D eigenvalue weighted by Crippen LogP contribution is -2.30. The summed E-state index contributed by atoms with van der Waals surface area (Å²) in [5, 5.41) is 3.39. The van der Waals surface area contributed by atoms with Gasteiger partial charge < -0.3 is 9.88 Å². The second kappa shape index (κ2) is 5.91. The number of nitrogens with one attached hydrogen (secondary N) is 1. The molecule has 0 aromatic carbocycles.